The molecule has 6 nitrogen and oxygen atoms in total. The van der Waals surface area contributed by atoms with Crippen molar-refractivity contribution in [2.75, 3.05) is 18.9 Å². The average Bonchev–Trinajstić information content (AvgIpc) is 2.83. The lowest BCUT2D eigenvalue weighted by Gasteiger charge is -2.21. The molecule has 0 saturated carbocycles. The summed E-state index contributed by atoms with van der Waals surface area (Å²) in [5.41, 5.74) is 0.718. The highest BCUT2D eigenvalue weighted by molar-refractivity contribution is 5.96. The summed E-state index contributed by atoms with van der Waals surface area (Å²) in [4.78, 5) is 24.6. The molecule has 1 saturated heterocycles. The molecule has 1 amide bonds. The summed E-state index contributed by atoms with van der Waals surface area (Å²) in [5, 5.41) is 13.7. The quantitative estimate of drug-likeness (QED) is 0.670. The number of amides is 1. The van der Waals surface area contributed by atoms with Crippen LogP contribution in [0.2, 0.25) is 0 Å². The smallest absolute Gasteiger partial charge is 0.293 e. The summed E-state index contributed by atoms with van der Waals surface area (Å²) in [6.07, 6.45) is 1.98. The third-order valence-corrected chi connectivity index (χ3v) is 3.52. The van der Waals surface area contributed by atoms with Crippen LogP contribution in [-0.2, 0) is 0 Å². The van der Waals surface area contributed by atoms with E-state index in [4.69, 9.17) is 0 Å². The lowest BCUT2D eigenvalue weighted by atomic mass is 10.1. The number of nitro benzene ring substituents is 1. The van der Waals surface area contributed by atoms with Crippen molar-refractivity contribution >= 4 is 17.3 Å². The lowest BCUT2D eigenvalue weighted by molar-refractivity contribution is -0.384. The van der Waals surface area contributed by atoms with Gasteiger partial charge in [-0.2, -0.15) is 0 Å². The van der Waals surface area contributed by atoms with E-state index < -0.39 is 4.92 Å². The highest BCUT2D eigenvalue weighted by Gasteiger charge is 2.27. The van der Waals surface area contributed by atoms with E-state index in [-0.39, 0.29) is 17.6 Å². The third-order valence-electron chi connectivity index (χ3n) is 3.52. The predicted octanol–water partition coefficient (Wildman–Crippen LogP) is 2.26. The second-order valence-corrected chi connectivity index (χ2v) is 4.73. The second-order valence-electron chi connectivity index (χ2n) is 4.73. The molecule has 6 heteroatoms. The van der Waals surface area contributed by atoms with Crippen molar-refractivity contribution in [2.45, 2.75) is 25.8 Å². The number of nitro groups is 1. The van der Waals surface area contributed by atoms with E-state index in [0.29, 0.717) is 11.3 Å². The number of nitrogens with one attached hydrogen (secondary N) is 1. The Bertz CT molecular complexity index is 516. The molecule has 1 aromatic carbocycles. The molecule has 1 N–H and O–H groups in total. The Labute approximate surface area is 111 Å². The molecular weight excluding hydrogens is 246 g/mol. The van der Waals surface area contributed by atoms with Gasteiger partial charge in [0, 0.05) is 31.3 Å². The standard InChI is InChI=1S/C13H17N3O3/c1-9-4-3-7-15(9)13(17)10-5-6-11(14-2)12(8-10)16(18)19/h5-6,8-9,14H,3-4,7H2,1-2H3. The molecule has 1 heterocycles. The van der Waals surface area contributed by atoms with Gasteiger partial charge in [-0.3, -0.25) is 14.9 Å². The minimum Gasteiger partial charge on any atom is -0.383 e. The zero-order valence-electron chi connectivity index (χ0n) is 11.0. The lowest BCUT2D eigenvalue weighted by Crippen LogP contribution is -2.33. The van der Waals surface area contributed by atoms with Gasteiger partial charge in [0.25, 0.3) is 11.6 Å². The average molecular weight is 263 g/mol. The van der Waals surface area contributed by atoms with Crippen molar-refractivity contribution in [2.24, 2.45) is 0 Å². The Kier molecular flexibility index (Phi) is 3.69. The molecule has 0 spiro atoms. The van der Waals surface area contributed by atoms with E-state index in [0.717, 1.165) is 19.4 Å². The molecule has 102 valence electrons. The molecule has 1 aromatic rings. The minimum absolute atomic E-state index is 0.0693. The van der Waals surface area contributed by atoms with E-state index in [9.17, 15) is 14.9 Å². The molecule has 19 heavy (non-hydrogen) atoms. The third kappa shape index (κ3) is 2.52. The summed E-state index contributed by atoms with van der Waals surface area (Å²) in [6, 6.07) is 4.76. The van der Waals surface area contributed by atoms with Crippen molar-refractivity contribution in [3.8, 4) is 0 Å². The number of nitrogens with zero attached hydrogens (tertiary/aromatic N) is 2. The van der Waals surface area contributed by atoms with Crippen LogP contribution in [0.15, 0.2) is 18.2 Å². The maximum absolute atomic E-state index is 12.3. The van der Waals surface area contributed by atoms with Crippen molar-refractivity contribution in [1.82, 2.24) is 4.90 Å². The topological polar surface area (TPSA) is 75.5 Å². The largest absolute Gasteiger partial charge is 0.383 e. The highest BCUT2D eigenvalue weighted by atomic mass is 16.6. The van der Waals surface area contributed by atoms with E-state index in [1.807, 2.05) is 6.92 Å². The summed E-state index contributed by atoms with van der Waals surface area (Å²) >= 11 is 0. The first kappa shape index (κ1) is 13.3. The fourth-order valence-electron chi connectivity index (χ4n) is 2.43. The maximum Gasteiger partial charge on any atom is 0.293 e. The molecule has 1 unspecified atom stereocenters. The van der Waals surface area contributed by atoms with Crippen LogP contribution in [0.3, 0.4) is 0 Å². The predicted molar refractivity (Wildman–Crippen MR) is 72.4 cm³/mol. The van der Waals surface area contributed by atoms with Crippen LogP contribution in [-0.4, -0.2) is 35.4 Å². The van der Waals surface area contributed by atoms with Gasteiger partial charge in [0.2, 0.25) is 0 Å². The van der Waals surface area contributed by atoms with Gasteiger partial charge in [-0.1, -0.05) is 0 Å². The monoisotopic (exact) mass is 263 g/mol. The van der Waals surface area contributed by atoms with Crippen LogP contribution in [0.25, 0.3) is 0 Å². The van der Waals surface area contributed by atoms with Crippen LogP contribution >= 0.6 is 0 Å². The fourth-order valence-corrected chi connectivity index (χ4v) is 2.43. The maximum atomic E-state index is 12.3. The van der Waals surface area contributed by atoms with Crippen molar-refractivity contribution < 1.29 is 9.72 Å². The summed E-state index contributed by atoms with van der Waals surface area (Å²) in [6.45, 7) is 2.73. The van der Waals surface area contributed by atoms with E-state index >= 15 is 0 Å². The fraction of sp³-hybridized carbons (Fsp3) is 0.462. The van der Waals surface area contributed by atoms with Gasteiger partial charge in [0.1, 0.15) is 5.69 Å². The number of hydrogen-bond donors (Lipinski definition) is 1. The van der Waals surface area contributed by atoms with Gasteiger partial charge in [-0.05, 0) is 31.9 Å². The van der Waals surface area contributed by atoms with E-state index in [1.165, 1.54) is 6.07 Å². The second kappa shape index (κ2) is 5.26. The molecule has 0 aromatic heterocycles. The highest BCUT2D eigenvalue weighted by Crippen LogP contribution is 2.27. The van der Waals surface area contributed by atoms with Crippen molar-refractivity contribution in [3.63, 3.8) is 0 Å². The Morgan fingerprint density at radius 3 is 2.79 bits per heavy atom. The Hall–Kier alpha value is -2.11. The van der Waals surface area contributed by atoms with Gasteiger partial charge >= 0.3 is 0 Å². The molecule has 0 bridgehead atoms. The number of likely N-dealkylation sites (tertiary alicyclic amines) is 1. The normalized spacial score (nSPS) is 18.4. The van der Waals surface area contributed by atoms with Gasteiger partial charge < -0.3 is 10.2 Å². The molecule has 1 atom stereocenters. The summed E-state index contributed by atoms with van der Waals surface area (Å²) < 4.78 is 0. The molecule has 0 aliphatic carbocycles. The first-order chi connectivity index (χ1) is 9.04. The van der Waals surface area contributed by atoms with Crippen molar-refractivity contribution in [3.05, 3.63) is 33.9 Å². The summed E-state index contributed by atoms with van der Waals surface area (Å²) in [7, 11) is 1.62. The first-order valence-electron chi connectivity index (χ1n) is 6.31. The van der Waals surface area contributed by atoms with E-state index in [2.05, 4.69) is 5.32 Å². The van der Waals surface area contributed by atoms with Crippen LogP contribution < -0.4 is 5.32 Å². The summed E-state index contributed by atoms with van der Waals surface area (Å²) in [5.74, 6) is -0.129. The van der Waals surface area contributed by atoms with Crippen LogP contribution in [0.5, 0.6) is 0 Å². The van der Waals surface area contributed by atoms with Gasteiger partial charge in [0.15, 0.2) is 0 Å². The molecule has 1 fully saturated rings. The molecule has 2 rings (SSSR count). The first-order valence-corrected chi connectivity index (χ1v) is 6.31. The van der Waals surface area contributed by atoms with Gasteiger partial charge in [-0.15, -0.1) is 0 Å². The Morgan fingerprint density at radius 1 is 1.53 bits per heavy atom. The van der Waals surface area contributed by atoms with E-state index in [1.54, 1.807) is 24.1 Å². The minimum atomic E-state index is -0.476. The molecule has 0 radical (unpaired) electrons. The molecular formula is C13H17N3O3. The number of anilines is 1. The van der Waals surface area contributed by atoms with Gasteiger partial charge in [-0.25, -0.2) is 0 Å². The number of carbonyl (C=O) groups excluding carboxylic acids is 1. The number of hydrogen-bond acceptors (Lipinski definition) is 4. The Balaban J connectivity index is 2.32. The number of rotatable bonds is 3. The molecule has 1 aliphatic rings. The zero-order chi connectivity index (χ0) is 14.0. The van der Waals surface area contributed by atoms with Crippen LogP contribution in [0.4, 0.5) is 11.4 Å². The SMILES string of the molecule is CNc1ccc(C(=O)N2CCCC2C)cc1[N+](=O)[O-]. The zero-order valence-corrected chi connectivity index (χ0v) is 11.0. The van der Waals surface area contributed by atoms with Crippen molar-refractivity contribution in [1.29, 1.82) is 0 Å². The number of carbonyl (C=O) groups is 1. The number of benzene rings is 1. The van der Waals surface area contributed by atoms with Crippen LogP contribution in [0.1, 0.15) is 30.1 Å². The molecule has 1 aliphatic heterocycles. The van der Waals surface area contributed by atoms with Crippen LogP contribution in [0, 0.1) is 10.1 Å². The Morgan fingerprint density at radius 2 is 2.26 bits per heavy atom. The van der Waals surface area contributed by atoms with Gasteiger partial charge in [0.05, 0.1) is 4.92 Å².